The first kappa shape index (κ1) is 22.1. The number of esters is 1. The Morgan fingerprint density at radius 1 is 1.13 bits per heavy atom. The summed E-state index contributed by atoms with van der Waals surface area (Å²) < 4.78 is 7.10. The minimum atomic E-state index is -0.463. The molecule has 1 aromatic heterocycles. The molecule has 0 spiro atoms. The molecule has 2 amide bonds. The Kier molecular flexibility index (Phi) is 7.10. The van der Waals surface area contributed by atoms with Crippen LogP contribution in [0.4, 0.5) is 10.5 Å². The van der Waals surface area contributed by atoms with Gasteiger partial charge in [0, 0.05) is 33.3 Å². The first-order chi connectivity index (χ1) is 14.9. The lowest BCUT2D eigenvalue weighted by Crippen LogP contribution is -2.24. The van der Waals surface area contributed by atoms with E-state index in [9.17, 15) is 9.59 Å². The molecule has 0 fully saturated rings. The molecule has 0 aliphatic rings. The number of urea groups is 1. The van der Waals surface area contributed by atoms with Crippen molar-refractivity contribution in [2.75, 3.05) is 11.9 Å². The van der Waals surface area contributed by atoms with E-state index in [4.69, 9.17) is 16.3 Å². The number of halogens is 1. The van der Waals surface area contributed by atoms with Crippen LogP contribution in [0.2, 0.25) is 5.02 Å². The molecular weight excluding hydrogens is 416 g/mol. The van der Waals surface area contributed by atoms with Gasteiger partial charge < -0.3 is 14.6 Å². The van der Waals surface area contributed by atoms with Crippen LogP contribution in [0.1, 0.15) is 34.2 Å². The van der Waals surface area contributed by atoms with E-state index < -0.39 is 6.03 Å². The second kappa shape index (κ2) is 9.95. The third-order valence-corrected chi connectivity index (χ3v) is 4.81. The normalized spacial score (nSPS) is 10.8. The molecule has 8 heteroatoms. The molecule has 0 radical (unpaired) electrons. The van der Waals surface area contributed by atoms with Crippen LogP contribution < -0.4 is 10.7 Å². The number of hydrogen-bond donors (Lipinski definition) is 2. The van der Waals surface area contributed by atoms with Crippen molar-refractivity contribution in [1.82, 2.24) is 9.99 Å². The third kappa shape index (κ3) is 5.52. The van der Waals surface area contributed by atoms with Crippen LogP contribution in [-0.2, 0) is 4.74 Å². The number of benzene rings is 2. The van der Waals surface area contributed by atoms with Crippen LogP contribution in [-0.4, -0.2) is 29.4 Å². The van der Waals surface area contributed by atoms with Crippen LogP contribution in [0.25, 0.3) is 5.69 Å². The van der Waals surface area contributed by atoms with Gasteiger partial charge in [0.05, 0.1) is 18.4 Å². The summed E-state index contributed by atoms with van der Waals surface area (Å²) in [6, 6.07) is 15.5. The van der Waals surface area contributed by atoms with Gasteiger partial charge in [0.15, 0.2) is 0 Å². The van der Waals surface area contributed by atoms with Crippen molar-refractivity contribution in [3.63, 3.8) is 0 Å². The molecule has 2 N–H and O–H groups in total. The van der Waals surface area contributed by atoms with Crippen LogP contribution in [0.3, 0.4) is 0 Å². The maximum absolute atomic E-state index is 12.1. The lowest BCUT2D eigenvalue weighted by Gasteiger charge is -2.11. The van der Waals surface area contributed by atoms with E-state index in [0.717, 1.165) is 22.6 Å². The Labute approximate surface area is 185 Å². The Morgan fingerprint density at radius 2 is 1.87 bits per heavy atom. The fraction of sp³-hybridized carbons (Fsp3) is 0.174. The predicted octanol–water partition coefficient (Wildman–Crippen LogP) is 5.08. The number of hydrogen-bond acceptors (Lipinski definition) is 4. The van der Waals surface area contributed by atoms with Crippen molar-refractivity contribution in [2.45, 2.75) is 20.8 Å². The summed E-state index contributed by atoms with van der Waals surface area (Å²) in [7, 11) is 0. The summed E-state index contributed by atoms with van der Waals surface area (Å²) in [6.07, 6.45) is 1.58. The van der Waals surface area contributed by atoms with Gasteiger partial charge in [0.25, 0.3) is 0 Å². The van der Waals surface area contributed by atoms with Crippen molar-refractivity contribution in [2.24, 2.45) is 5.10 Å². The smallest absolute Gasteiger partial charge is 0.339 e. The maximum Gasteiger partial charge on any atom is 0.339 e. The molecule has 31 heavy (non-hydrogen) atoms. The maximum atomic E-state index is 12.1. The number of aromatic nitrogens is 1. The number of anilines is 1. The lowest BCUT2D eigenvalue weighted by atomic mass is 10.2. The van der Waals surface area contributed by atoms with Crippen molar-refractivity contribution >= 4 is 35.5 Å². The molecule has 3 aromatic rings. The molecule has 0 bridgehead atoms. The van der Waals surface area contributed by atoms with Crippen LogP contribution in [0.15, 0.2) is 59.7 Å². The molecule has 0 atom stereocenters. The number of amides is 2. The standard InChI is InChI=1S/C23H23ClN4O3/c1-4-31-22(29)17-6-5-7-21(13-17)28-15(2)12-18(16(28)3)14-25-27-23(30)26-20-10-8-19(24)9-11-20/h5-14H,4H2,1-3H3,(H2,26,27,30)/b25-14+. The third-order valence-electron chi connectivity index (χ3n) is 4.56. The van der Waals surface area contributed by atoms with Gasteiger partial charge >= 0.3 is 12.0 Å². The molecular formula is C23H23ClN4O3. The Hall–Kier alpha value is -3.58. The number of nitrogens with zero attached hydrogens (tertiary/aromatic N) is 2. The fourth-order valence-electron chi connectivity index (χ4n) is 3.15. The molecule has 2 aromatic carbocycles. The summed E-state index contributed by atoms with van der Waals surface area (Å²) in [5.74, 6) is -0.357. The minimum absolute atomic E-state index is 0.323. The molecule has 0 saturated heterocycles. The summed E-state index contributed by atoms with van der Waals surface area (Å²) in [5, 5.41) is 7.29. The van der Waals surface area contributed by atoms with Crippen molar-refractivity contribution < 1.29 is 14.3 Å². The van der Waals surface area contributed by atoms with Crippen molar-refractivity contribution in [3.05, 3.63) is 82.1 Å². The van der Waals surface area contributed by atoms with E-state index in [0.29, 0.717) is 22.9 Å². The zero-order valence-electron chi connectivity index (χ0n) is 17.5. The first-order valence-corrected chi connectivity index (χ1v) is 10.1. The summed E-state index contributed by atoms with van der Waals surface area (Å²) in [5.41, 5.74) is 7.10. The number of carbonyl (C=O) groups is 2. The number of nitrogens with one attached hydrogen (secondary N) is 2. The fourth-order valence-corrected chi connectivity index (χ4v) is 3.28. The van der Waals surface area contributed by atoms with Gasteiger partial charge in [-0.15, -0.1) is 0 Å². The second-order valence-corrected chi connectivity index (χ2v) is 7.20. The molecule has 3 rings (SSSR count). The minimum Gasteiger partial charge on any atom is -0.462 e. The number of aryl methyl sites for hydroxylation is 1. The van der Waals surface area contributed by atoms with Gasteiger partial charge in [-0.1, -0.05) is 17.7 Å². The molecule has 0 unspecified atom stereocenters. The summed E-state index contributed by atoms with van der Waals surface area (Å²) in [4.78, 5) is 24.1. The van der Waals surface area contributed by atoms with E-state index >= 15 is 0 Å². The number of hydrazone groups is 1. The van der Waals surface area contributed by atoms with Gasteiger partial charge in [-0.3, -0.25) is 0 Å². The van der Waals surface area contributed by atoms with Gasteiger partial charge in [0.1, 0.15) is 0 Å². The van der Waals surface area contributed by atoms with Crippen molar-refractivity contribution in [3.8, 4) is 5.69 Å². The highest BCUT2D eigenvalue weighted by Crippen LogP contribution is 2.21. The van der Waals surface area contributed by atoms with Gasteiger partial charge in [-0.05, 0) is 69.3 Å². The zero-order chi connectivity index (χ0) is 22.4. The first-order valence-electron chi connectivity index (χ1n) is 9.71. The van der Waals surface area contributed by atoms with E-state index in [1.54, 1.807) is 49.5 Å². The molecule has 160 valence electrons. The summed E-state index contributed by atoms with van der Waals surface area (Å²) >= 11 is 5.83. The predicted molar refractivity (Wildman–Crippen MR) is 122 cm³/mol. The van der Waals surface area contributed by atoms with Gasteiger partial charge in [-0.2, -0.15) is 5.10 Å². The highest BCUT2D eigenvalue weighted by Gasteiger charge is 2.12. The Balaban J connectivity index is 1.72. The van der Waals surface area contributed by atoms with Crippen molar-refractivity contribution in [1.29, 1.82) is 0 Å². The molecule has 0 aliphatic heterocycles. The van der Waals surface area contributed by atoms with Gasteiger partial charge in [0.2, 0.25) is 0 Å². The van der Waals surface area contributed by atoms with E-state index in [1.165, 1.54) is 0 Å². The molecule has 1 heterocycles. The Morgan fingerprint density at radius 3 is 2.58 bits per heavy atom. The van der Waals surface area contributed by atoms with Gasteiger partial charge in [-0.25, -0.2) is 15.0 Å². The number of ether oxygens (including phenoxy) is 1. The SMILES string of the molecule is CCOC(=O)c1cccc(-n2c(C)cc(/C=N/NC(=O)Nc3ccc(Cl)cc3)c2C)c1. The topological polar surface area (TPSA) is 84.7 Å². The monoisotopic (exact) mass is 438 g/mol. The van der Waals surface area contributed by atoms with E-state index in [1.807, 2.05) is 36.6 Å². The average Bonchev–Trinajstić information content (AvgIpc) is 3.03. The quantitative estimate of drug-likeness (QED) is 0.319. The largest absolute Gasteiger partial charge is 0.462 e. The zero-order valence-corrected chi connectivity index (χ0v) is 18.2. The van der Waals surface area contributed by atoms with Crippen LogP contribution in [0, 0.1) is 13.8 Å². The molecule has 7 nitrogen and oxygen atoms in total. The highest BCUT2D eigenvalue weighted by atomic mass is 35.5. The van der Waals surface area contributed by atoms with E-state index in [-0.39, 0.29) is 5.97 Å². The highest BCUT2D eigenvalue weighted by molar-refractivity contribution is 6.30. The average molecular weight is 439 g/mol. The number of rotatable bonds is 6. The molecule has 0 saturated carbocycles. The Bertz CT molecular complexity index is 1120. The lowest BCUT2D eigenvalue weighted by molar-refractivity contribution is 0.0526. The van der Waals surface area contributed by atoms with Crippen LogP contribution in [0.5, 0.6) is 0 Å². The molecule has 0 aliphatic carbocycles. The number of carbonyl (C=O) groups excluding carboxylic acids is 2. The second-order valence-electron chi connectivity index (χ2n) is 6.76. The summed E-state index contributed by atoms with van der Waals surface area (Å²) in [6.45, 7) is 6.00. The van der Waals surface area contributed by atoms with E-state index in [2.05, 4.69) is 15.8 Å². The van der Waals surface area contributed by atoms with Crippen LogP contribution >= 0.6 is 11.6 Å².